The van der Waals surface area contributed by atoms with Crippen LogP contribution >= 0.6 is 0 Å². The molecule has 0 amide bonds. The van der Waals surface area contributed by atoms with Crippen LogP contribution in [0.4, 0.5) is 0 Å². The number of esters is 1. The van der Waals surface area contributed by atoms with Gasteiger partial charge in [0.1, 0.15) is 0 Å². The number of hydrogen-bond acceptors (Lipinski definition) is 2. The van der Waals surface area contributed by atoms with Gasteiger partial charge in [0.2, 0.25) is 0 Å². The minimum Gasteiger partial charge on any atom is -0.469 e. The van der Waals surface area contributed by atoms with Crippen LogP contribution in [0.15, 0.2) is 23.3 Å². The molecule has 126 valence electrons. The summed E-state index contributed by atoms with van der Waals surface area (Å²) in [5.41, 5.74) is 4.60. The molecule has 1 rings (SSSR count). The first-order valence-corrected chi connectivity index (χ1v) is 12.3. The Labute approximate surface area is 138 Å². The van der Waals surface area contributed by atoms with Crippen molar-refractivity contribution >= 4 is 14.0 Å². The van der Waals surface area contributed by atoms with Crippen LogP contribution in [0.3, 0.4) is 0 Å². The Morgan fingerprint density at radius 2 is 2.00 bits per heavy atom. The molecule has 1 aliphatic carbocycles. The highest BCUT2D eigenvalue weighted by atomic mass is 28.3. The van der Waals surface area contributed by atoms with Gasteiger partial charge in [0.05, 0.1) is 7.11 Å². The number of allylic oxidation sites excluding steroid dienone is 3. The maximum Gasteiger partial charge on any atom is 0.305 e. The lowest BCUT2D eigenvalue weighted by molar-refractivity contribution is -0.140. The molecule has 0 aromatic rings. The van der Waals surface area contributed by atoms with Gasteiger partial charge < -0.3 is 4.74 Å². The SMILES string of the molecule is C=C(C)[C@H]1CC(C[Si](C)(C)C)=C(C)[C@H](CCCC(=O)OC)C1. The molecule has 2 nitrogen and oxygen atoms in total. The Balaban J connectivity index is 2.81. The second kappa shape index (κ2) is 8.14. The number of hydrogen-bond donors (Lipinski definition) is 0. The van der Waals surface area contributed by atoms with Crippen LogP contribution in [0, 0.1) is 11.8 Å². The maximum atomic E-state index is 11.3. The minimum atomic E-state index is -1.10. The van der Waals surface area contributed by atoms with Crippen LogP contribution in [-0.2, 0) is 9.53 Å². The Kier molecular flexibility index (Phi) is 7.11. The third kappa shape index (κ3) is 6.11. The fraction of sp³-hybridized carbons (Fsp3) is 0.737. The predicted octanol–water partition coefficient (Wildman–Crippen LogP) is 5.59. The van der Waals surface area contributed by atoms with Gasteiger partial charge in [-0.3, -0.25) is 4.79 Å². The van der Waals surface area contributed by atoms with Crippen molar-refractivity contribution in [1.82, 2.24) is 0 Å². The molecule has 0 aromatic carbocycles. The maximum absolute atomic E-state index is 11.3. The molecule has 0 unspecified atom stereocenters. The van der Waals surface area contributed by atoms with Crippen LogP contribution in [0.5, 0.6) is 0 Å². The van der Waals surface area contributed by atoms with Crippen molar-refractivity contribution in [1.29, 1.82) is 0 Å². The summed E-state index contributed by atoms with van der Waals surface area (Å²) in [5.74, 6) is 1.15. The highest BCUT2D eigenvalue weighted by Gasteiger charge is 2.29. The second-order valence-corrected chi connectivity index (χ2v) is 13.6. The average Bonchev–Trinajstić information content (AvgIpc) is 2.40. The fourth-order valence-electron chi connectivity index (χ4n) is 3.51. The number of rotatable bonds is 7. The summed E-state index contributed by atoms with van der Waals surface area (Å²) >= 11 is 0. The van der Waals surface area contributed by atoms with Crippen molar-refractivity contribution in [2.75, 3.05) is 7.11 Å². The molecule has 0 N–H and O–H groups in total. The molecule has 1 aliphatic rings. The van der Waals surface area contributed by atoms with Gasteiger partial charge in [-0.15, -0.1) is 0 Å². The normalized spacial score (nSPS) is 22.6. The second-order valence-electron chi connectivity index (χ2n) is 8.17. The first-order valence-electron chi connectivity index (χ1n) is 8.54. The van der Waals surface area contributed by atoms with Gasteiger partial charge in [-0.25, -0.2) is 0 Å². The summed E-state index contributed by atoms with van der Waals surface area (Å²) in [7, 11) is 0.373. The van der Waals surface area contributed by atoms with E-state index in [9.17, 15) is 4.79 Å². The molecular weight excluding hydrogens is 288 g/mol. The third-order valence-electron chi connectivity index (χ3n) is 4.83. The van der Waals surface area contributed by atoms with E-state index in [1.54, 1.807) is 11.1 Å². The smallest absolute Gasteiger partial charge is 0.305 e. The molecule has 22 heavy (non-hydrogen) atoms. The van der Waals surface area contributed by atoms with Gasteiger partial charge in [0, 0.05) is 14.5 Å². The highest BCUT2D eigenvalue weighted by molar-refractivity contribution is 6.76. The summed E-state index contributed by atoms with van der Waals surface area (Å²) in [5, 5.41) is 0. The van der Waals surface area contributed by atoms with E-state index < -0.39 is 8.07 Å². The quantitative estimate of drug-likeness (QED) is 0.347. The van der Waals surface area contributed by atoms with E-state index >= 15 is 0 Å². The van der Waals surface area contributed by atoms with E-state index in [4.69, 9.17) is 4.74 Å². The molecular formula is C19H34O2Si. The zero-order valence-corrected chi connectivity index (χ0v) is 16.4. The van der Waals surface area contributed by atoms with E-state index in [0.29, 0.717) is 18.3 Å². The van der Waals surface area contributed by atoms with Crippen LogP contribution in [-0.4, -0.2) is 21.2 Å². The predicted molar refractivity (Wildman–Crippen MR) is 97.7 cm³/mol. The molecule has 0 aliphatic heterocycles. The van der Waals surface area contributed by atoms with Crippen LogP contribution in [0.1, 0.15) is 46.0 Å². The summed E-state index contributed by atoms with van der Waals surface area (Å²) in [6.07, 6.45) is 4.98. The van der Waals surface area contributed by atoms with E-state index in [-0.39, 0.29) is 5.97 Å². The number of carbonyl (C=O) groups excluding carboxylic acids is 1. The lowest BCUT2D eigenvalue weighted by atomic mass is 9.73. The van der Waals surface area contributed by atoms with Gasteiger partial charge in [0.15, 0.2) is 0 Å². The molecule has 2 atom stereocenters. The standard InChI is InChI=1S/C19H34O2Si/c1-14(2)17-11-16(9-8-10-19(20)21-4)15(3)18(12-17)13-22(5,6)7/h16-17H,1,8-13H2,2-7H3/t16-,17-/m1/s1. The fourth-order valence-corrected chi connectivity index (χ4v) is 5.21. The Bertz CT molecular complexity index is 443. The van der Waals surface area contributed by atoms with Crippen LogP contribution < -0.4 is 0 Å². The van der Waals surface area contributed by atoms with Gasteiger partial charge in [-0.05, 0) is 57.4 Å². The van der Waals surface area contributed by atoms with Gasteiger partial charge in [-0.2, -0.15) is 0 Å². The Morgan fingerprint density at radius 3 is 2.50 bits per heavy atom. The first kappa shape index (κ1) is 19.2. The van der Waals surface area contributed by atoms with E-state index in [2.05, 4.69) is 40.1 Å². The van der Waals surface area contributed by atoms with Crippen molar-refractivity contribution in [3.63, 3.8) is 0 Å². The van der Waals surface area contributed by atoms with Crippen LogP contribution in [0.2, 0.25) is 25.7 Å². The topological polar surface area (TPSA) is 26.3 Å². The van der Waals surface area contributed by atoms with Gasteiger partial charge >= 0.3 is 5.97 Å². The van der Waals surface area contributed by atoms with Crippen LogP contribution in [0.25, 0.3) is 0 Å². The van der Waals surface area contributed by atoms with E-state index in [0.717, 1.165) is 12.8 Å². The molecule has 0 saturated carbocycles. The van der Waals surface area contributed by atoms with E-state index in [1.165, 1.54) is 31.6 Å². The molecule has 0 spiro atoms. The third-order valence-corrected chi connectivity index (χ3v) is 6.32. The summed E-state index contributed by atoms with van der Waals surface area (Å²) < 4.78 is 4.75. The zero-order valence-electron chi connectivity index (χ0n) is 15.4. The Hall–Kier alpha value is -0.833. The van der Waals surface area contributed by atoms with Crippen molar-refractivity contribution in [3.05, 3.63) is 23.3 Å². The van der Waals surface area contributed by atoms with Crippen molar-refractivity contribution in [3.8, 4) is 0 Å². The molecule has 0 saturated heterocycles. The monoisotopic (exact) mass is 322 g/mol. The lowest BCUT2D eigenvalue weighted by Gasteiger charge is -2.35. The van der Waals surface area contributed by atoms with Crippen molar-refractivity contribution in [2.24, 2.45) is 11.8 Å². The average molecular weight is 323 g/mol. The molecule has 3 heteroatoms. The summed E-state index contributed by atoms with van der Waals surface area (Å²) in [6.45, 7) is 16.0. The minimum absolute atomic E-state index is 0.0868. The number of ether oxygens (including phenoxy) is 1. The van der Waals surface area contributed by atoms with Gasteiger partial charge in [0.25, 0.3) is 0 Å². The van der Waals surface area contributed by atoms with Crippen molar-refractivity contribution in [2.45, 2.75) is 71.6 Å². The van der Waals surface area contributed by atoms with E-state index in [1.807, 2.05) is 0 Å². The Morgan fingerprint density at radius 1 is 1.36 bits per heavy atom. The lowest BCUT2D eigenvalue weighted by Crippen LogP contribution is -2.26. The molecule has 0 aromatic heterocycles. The van der Waals surface area contributed by atoms with Gasteiger partial charge in [-0.1, -0.05) is 42.9 Å². The zero-order chi connectivity index (χ0) is 16.9. The summed E-state index contributed by atoms with van der Waals surface area (Å²) in [4.78, 5) is 11.3. The molecule has 0 bridgehead atoms. The summed E-state index contributed by atoms with van der Waals surface area (Å²) in [6, 6.07) is 1.30. The molecule has 0 fully saturated rings. The molecule has 0 radical (unpaired) electrons. The van der Waals surface area contributed by atoms with Crippen molar-refractivity contribution < 1.29 is 9.53 Å². The first-order chi connectivity index (χ1) is 10.1. The highest BCUT2D eigenvalue weighted by Crippen LogP contribution is 2.42. The largest absolute Gasteiger partial charge is 0.469 e. The number of carbonyl (C=O) groups is 1. The number of methoxy groups -OCH3 is 1. The molecule has 0 heterocycles.